The van der Waals surface area contributed by atoms with Crippen molar-refractivity contribution in [1.82, 2.24) is 19.7 Å². The zero-order chi connectivity index (χ0) is 33.1. The summed E-state index contributed by atoms with van der Waals surface area (Å²) in [6, 6.07) is 19.7. The molecule has 0 bridgehead atoms. The van der Waals surface area contributed by atoms with Crippen LogP contribution in [0.4, 0.5) is 23.5 Å². The standard InChI is InChI=1S/C36H50N8O2S/c1-27-19-21-29(22-20-27)26-39-36-42-34(41-35(43-36)38-25-28-13-7-6-8-14-28)37-23-9-4-5-10-24-40-47(45,46)33-18-12-15-30-31(33)16-11-17-32(30)44(2)3/h11-12,15-22,28,40H,4-10,13-14,23-26H2,1-3H3,(H3,37,38,39,41,42,43). The number of sulfonamides is 1. The van der Waals surface area contributed by atoms with Gasteiger partial charge in [0.25, 0.3) is 0 Å². The number of nitrogens with zero attached hydrogens (tertiary/aromatic N) is 4. The van der Waals surface area contributed by atoms with Crippen LogP contribution in [-0.2, 0) is 16.6 Å². The van der Waals surface area contributed by atoms with Crippen molar-refractivity contribution >= 4 is 44.3 Å². The lowest BCUT2D eigenvalue weighted by molar-refractivity contribution is 0.373. The smallest absolute Gasteiger partial charge is 0.241 e. The van der Waals surface area contributed by atoms with Crippen molar-refractivity contribution in [2.75, 3.05) is 54.6 Å². The molecule has 1 aliphatic rings. The Morgan fingerprint density at radius 3 is 2.09 bits per heavy atom. The highest BCUT2D eigenvalue weighted by Gasteiger charge is 2.18. The van der Waals surface area contributed by atoms with Gasteiger partial charge in [-0.25, -0.2) is 13.1 Å². The van der Waals surface area contributed by atoms with Crippen molar-refractivity contribution in [3.05, 3.63) is 71.8 Å². The second-order valence-corrected chi connectivity index (χ2v) is 14.5. The summed E-state index contributed by atoms with van der Waals surface area (Å²) in [4.78, 5) is 16.3. The van der Waals surface area contributed by atoms with Crippen LogP contribution in [0.3, 0.4) is 0 Å². The van der Waals surface area contributed by atoms with Crippen LogP contribution < -0.4 is 25.6 Å². The van der Waals surface area contributed by atoms with E-state index in [1.165, 1.54) is 43.2 Å². The second kappa shape index (κ2) is 16.7. The number of aryl methyl sites for hydroxylation is 1. The van der Waals surface area contributed by atoms with Gasteiger partial charge in [-0.15, -0.1) is 0 Å². The SMILES string of the molecule is Cc1ccc(CNc2nc(NCCCCCCNS(=O)(=O)c3cccc4c(N(C)C)cccc34)nc(NCC3CCCCC3)n2)cc1. The minimum Gasteiger partial charge on any atom is -0.377 e. The van der Waals surface area contributed by atoms with E-state index < -0.39 is 10.0 Å². The zero-order valence-corrected chi connectivity index (χ0v) is 28.9. The fraction of sp³-hybridized carbons (Fsp3) is 0.472. The van der Waals surface area contributed by atoms with E-state index >= 15 is 0 Å². The van der Waals surface area contributed by atoms with E-state index in [0.29, 0.717) is 41.7 Å². The van der Waals surface area contributed by atoms with E-state index in [9.17, 15) is 8.42 Å². The van der Waals surface area contributed by atoms with Crippen LogP contribution in [0.5, 0.6) is 0 Å². The predicted molar refractivity (Wildman–Crippen MR) is 194 cm³/mol. The number of unbranched alkanes of at least 4 members (excludes halogenated alkanes) is 3. The molecular formula is C36H50N8O2S. The van der Waals surface area contributed by atoms with Gasteiger partial charge in [-0.2, -0.15) is 15.0 Å². The third-order valence-electron chi connectivity index (χ3n) is 8.79. The van der Waals surface area contributed by atoms with Gasteiger partial charge in [0.2, 0.25) is 27.9 Å². The molecule has 4 aromatic rings. The normalized spacial score (nSPS) is 13.9. The Balaban J connectivity index is 1.09. The van der Waals surface area contributed by atoms with Crippen molar-refractivity contribution in [1.29, 1.82) is 0 Å². The van der Waals surface area contributed by atoms with Gasteiger partial charge in [0.15, 0.2) is 0 Å². The summed E-state index contributed by atoms with van der Waals surface area (Å²) >= 11 is 0. The van der Waals surface area contributed by atoms with Gasteiger partial charge in [-0.3, -0.25) is 0 Å². The molecule has 0 aliphatic heterocycles. The molecule has 1 heterocycles. The number of rotatable bonds is 17. The minimum absolute atomic E-state index is 0.320. The molecule has 1 saturated carbocycles. The van der Waals surface area contributed by atoms with E-state index in [1.54, 1.807) is 6.07 Å². The zero-order valence-electron chi connectivity index (χ0n) is 28.1. The number of aromatic nitrogens is 3. The molecule has 252 valence electrons. The molecule has 3 aromatic carbocycles. The van der Waals surface area contributed by atoms with Crippen molar-refractivity contribution < 1.29 is 8.42 Å². The maximum Gasteiger partial charge on any atom is 0.241 e. The fourth-order valence-electron chi connectivity index (χ4n) is 6.10. The van der Waals surface area contributed by atoms with Gasteiger partial charge in [0, 0.05) is 56.7 Å². The Bertz CT molecular complexity index is 1690. The minimum atomic E-state index is -3.62. The summed E-state index contributed by atoms with van der Waals surface area (Å²) in [6.07, 6.45) is 10.0. The molecule has 4 N–H and O–H groups in total. The number of hydrogen-bond acceptors (Lipinski definition) is 9. The molecule has 0 atom stereocenters. The predicted octanol–water partition coefficient (Wildman–Crippen LogP) is 6.95. The Kier molecular flexibility index (Phi) is 12.2. The quantitative estimate of drug-likeness (QED) is 0.0892. The molecule has 0 spiro atoms. The van der Waals surface area contributed by atoms with Crippen molar-refractivity contribution in [3.8, 4) is 0 Å². The molecule has 10 nitrogen and oxygen atoms in total. The number of nitrogens with one attached hydrogen (secondary N) is 4. The summed E-state index contributed by atoms with van der Waals surface area (Å²) in [5.74, 6) is 2.35. The number of anilines is 4. The first-order chi connectivity index (χ1) is 22.8. The molecule has 1 aliphatic carbocycles. The maximum atomic E-state index is 13.2. The lowest BCUT2D eigenvalue weighted by atomic mass is 9.89. The van der Waals surface area contributed by atoms with Gasteiger partial charge in [0.05, 0.1) is 4.90 Å². The van der Waals surface area contributed by atoms with Gasteiger partial charge < -0.3 is 20.9 Å². The second-order valence-electron chi connectivity index (χ2n) is 12.8. The van der Waals surface area contributed by atoms with Gasteiger partial charge >= 0.3 is 0 Å². The van der Waals surface area contributed by atoms with Crippen LogP contribution in [0.1, 0.15) is 68.9 Å². The summed E-state index contributed by atoms with van der Waals surface area (Å²) in [5, 5.41) is 11.9. The van der Waals surface area contributed by atoms with Crippen molar-refractivity contribution in [2.24, 2.45) is 5.92 Å². The Morgan fingerprint density at radius 2 is 1.36 bits per heavy atom. The molecule has 0 amide bonds. The lowest BCUT2D eigenvalue weighted by Crippen LogP contribution is -2.25. The molecule has 0 unspecified atom stereocenters. The Morgan fingerprint density at radius 1 is 0.723 bits per heavy atom. The molecule has 1 aromatic heterocycles. The third-order valence-corrected chi connectivity index (χ3v) is 10.3. The molecule has 47 heavy (non-hydrogen) atoms. The summed E-state index contributed by atoms with van der Waals surface area (Å²) in [5.41, 5.74) is 3.39. The largest absolute Gasteiger partial charge is 0.377 e. The first-order valence-electron chi connectivity index (χ1n) is 17.0. The van der Waals surface area contributed by atoms with E-state index in [1.807, 2.05) is 49.3 Å². The summed E-state index contributed by atoms with van der Waals surface area (Å²) < 4.78 is 29.2. The van der Waals surface area contributed by atoms with Crippen LogP contribution in [0.25, 0.3) is 10.8 Å². The average molecular weight is 659 g/mol. The van der Waals surface area contributed by atoms with Crippen molar-refractivity contribution in [3.63, 3.8) is 0 Å². The van der Waals surface area contributed by atoms with Gasteiger partial charge in [-0.05, 0) is 56.2 Å². The van der Waals surface area contributed by atoms with E-state index in [0.717, 1.165) is 55.2 Å². The van der Waals surface area contributed by atoms with E-state index in [2.05, 4.69) is 66.8 Å². The highest BCUT2D eigenvalue weighted by Crippen LogP contribution is 2.30. The number of benzene rings is 3. The molecule has 1 fully saturated rings. The van der Waals surface area contributed by atoms with Gasteiger partial charge in [-0.1, -0.05) is 86.2 Å². The molecule has 11 heteroatoms. The highest BCUT2D eigenvalue weighted by molar-refractivity contribution is 7.89. The number of fused-ring (bicyclic) bond motifs is 1. The van der Waals surface area contributed by atoms with Gasteiger partial charge in [0.1, 0.15) is 0 Å². The Labute approximate surface area is 280 Å². The lowest BCUT2D eigenvalue weighted by Gasteiger charge is -2.21. The van der Waals surface area contributed by atoms with Crippen LogP contribution in [0, 0.1) is 12.8 Å². The van der Waals surface area contributed by atoms with E-state index in [-0.39, 0.29) is 0 Å². The fourth-order valence-corrected chi connectivity index (χ4v) is 7.40. The van der Waals surface area contributed by atoms with Crippen LogP contribution in [-0.4, -0.2) is 57.1 Å². The van der Waals surface area contributed by atoms with Crippen LogP contribution >= 0.6 is 0 Å². The van der Waals surface area contributed by atoms with Crippen LogP contribution in [0.15, 0.2) is 65.6 Å². The van der Waals surface area contributed by atoms with E-state index in [4.69, 9.17) is 0 Å². The first-order valence-corrected chi connectivity index (χ1v) is 18.5. The molecule has 5 rings (SSSR count). The monoisotopic (exact) mass is 658 g/mol. The summed E-state index contributed by atoms with van der Waals surface area (Å²) in [7, 11) is 0.300. The highest BCUT2D eigenvalue weighted by atomic mass is 32.2. The average Bonchev–Trinajstić information content (AvgIpc) is 3.08. The third kappa shape index (κ3) is 10.0. The molecule has 0 radical (unpaired) electrons. The van der Waals surface area contributed by atoms with Crippen molar-refractivity contribution in [2.45, 2.75) is 76.2 Å². The topological polar surface area (TPSA) is 124 Å². The van der Waals surface area contributed by atoms with Crippen LogP contribution in [0.2, 0.25) is 0 Å². The Hall–Kier alpha value is -3.96. The summed E-state index contributed by atoms with van der Waals surface area (Å²) in [6.45, 7) is 4.72. The molecular weight excluding hydrogens is 609 g/mol. The molecule has 0 saturated heterocycles. The maximum absolute atomic E-state index is 13.2. The number of hydrogen-bond donors (Lipinski definition) is 4. The first kappa shape index (κ1) is 34.4.